The van der Waals surface area contributed by atoms with Gasteiger partial charge < -0.3 is 19.2 Å². The zero-order chi connectivity index (χ0) is 21.9. The Hall–Kier alpha value is -2.55. The average Bonchev–Trinajstić information content (AvgIpc) is 3.07. The Morgan fingerprint density at radius 1 is 1.43 bits per heavy atom. The van der Waals surface area contributed by atoms with Crippen LogP contribution < -0.4 is 4.74 Å². The van der Waals surface area contributed by atoms with Crippen LogP contribution in [0.4, 0.5) is 8.78 Å². The van der Waals surface area contributed by atoms with Gasteiger partial charge in [-0.15, -0.1) is 0 Å². The number of amides is 1. The number of piperidine rings is 1. The Bertz CT molecular complexity index is 879. The number of hydrogen-bond acceptors (Lipinski definition) is 6. The number of oxazole rings is 1. The first kappa shape index (κ1) is 22.1. The van der Waals surface area contributed by atoms with Gasteiger partial charge in [0.15, 0.2) is 12.5 Å². The molecule has 1 fully saturated rings. The smallest absolute Gasteiger partial charge is 0.272 e. The van der Waals surface area contributed by atoms with Gasteiger partial charge in [-0.3, -0.25) is 4.79 Å². The molecule has 0 aliphatic carbocycles. The Kier molecular flexibility index (Phi) is 6.70. The van der Waals surface area contributed by atoms with Crippen molar-refractivity contribution in [1.29, 1.82) is 0 Å². The number of pyridine rings is 1. The van der Waals surface area contributed by atoms with Crippen molar-refractivity contribution in [2.75, 3.05) is 13.2 Å². The van der Waals surface area contributed by atoms with E-state index in [4.69, 9.17) is 9.15 Å². The molecule has 1 atom stereocenters. The molecule has 0 spiro atoms. The fourth-order valence-electron chi connectivity index (χ4n) is 3.75. The Balaban J connectivity index is 1.80. The molecular weight excluding hydrogens is 396 g/mol. The van der Waals surface area contributed by atoms with Crippen molar-refractivity contribution in [2.45, 2.75) is 64.5 Å². The first-order chi connectivity index (χ1) is 14.2. The van der Waals surface area contributed by atoms with E-state index in [1.807, 2.05) is 0 Å². The van der Waals surface area contributed by atoms with Gasteiger partial charge in [0.2, 0.25) is 5.88 Å². The molecule has 0 aromatic carbocycles. The van der Waals surface area contributed by atoms with Gasteiger partial charge in [0.25, 0.3) is 12.3 Å². The third-order valence-electron chi connectivity index (χ3n) is 5.07. The highest BCUT2D eigenvalue weighted by molar-refractivity contribution is 5.96. The van der Waals surface area contributed by atoms with E-state index >= 15 is 0 Å². The van der Waals surface area contributed by atoms with Crippen LogP contribution in [0.15, 0.2) is 22.7 Å². The molecule has 30 heavy (non-hydrogen) atoms. The monoisotopic (exact) mass is 423 g/mol. The number of carbonyl (C=O) groups is 1. The minimum absolute atomic E-state index is 0.0941. The van der Waals surface area contributed by atoms with Crippen LogP contribution in [0.5, 0.6) is 5.88 Å². The van der Waals surface area contributed by atoms with Crippen LogP contribution in [0, 0.1) is 6.92 Å². The second-order valence-electron chi connectivity index (χ2n) is 7.98. The van der Waals surface area contributed by atoms with Gasteiger partial charge in [0.1, 0.15) is 22.6 Å². The quantitative estimate of drug-likeness (QED) is 0.734. The summed E-state index contributed by atoms with van der Waals surface area (Å²) >= 11 is 0. The van der Waals surface area contributed by atoms with Crippen LogP contribution in [-0.4, -0.2) is 51.5 Å². The van der Waals surface area contributed by atoms with Gasteiger partial charge >= 0.3 is 0 Å². The van der Waals surface area contributed by atoms with Crippen molar-refractivity contribution in [1.82, 2.24) is 14.9 Å². The summed E-state index contributed by atoms with van der Waals surface area (Å²) < 4.78 is 35.9. The molecule has 2 aromatic heterocycles. The SMILES string of the molecule is Cc1oc(C[C@H]2CCCCN2C(=O)c2cccnc2OCC(F)F)nc1C(C)(C)O. The lowest BCUT2D eigenvalue weighted by Crippen LogP contribution is -2.45. The molecule has 1 N–H and O–H groups in total. The predicted molar refractivity (Wildman–Crippen MR) is 105 cm³/mol. The molecule has 0 bridgehead atoms. The second-order valence-corrected chi connectivity index (χ2v) is 7.98. The maximum absolute atomic E-state index is 13.2. The van der Waals surface area contributed by atoms with Crippen LogP contribution in [0.3, 0.4) is 0 Å². The summed E-state index contributed by atoms with van der Waals surface area (Å²) in [7, 11) is 0. The maximum Gasteiger partial charge on any atom is 0.272 e. The van der Waals surface area contributed by atoms with E-state index in [1.54, 1.807) is 31.7 Å². The summed E-state index contributed by atoms with van der Waals surface area (Å²) in [5.41, 5.74) is -0.493. The second kappa shape index (κ2) is 9.07. The highest BCUT2D eigenvalue weighted by Crippen LogP contribution is 2.28. The van der Waals surface area contributed by atoms with Crippen LogP contribution in [0.25, 0.3) is 0 Å². The molecule has 3 heterocycles. The number of alkyl halides is 2. The molecule has 3 rings (SSSR count). The summed E-state index contributed by atoms with van der Waals surface area (Å²) in [6.07, 6.45) is 1.70. The number of nitrogens with zero attached hydrogens (tertiary/aromatic N) is 3. The fraction of sp³-hybridized carbons (Fsp3) is 0.571. The third-order valence-corrected chi connectivity index (χ3v) is 5.07. The van der Waals surface area contributed by atoms with E-state index in [9.17, 15) is 18.7 Å². The van der Waals surface area contributed by atoms with Crippen molar-refractivity contribution in [3.63, 3.8) is 0 Å². The van der Waals surface area contributed by atoms with Gasteiger partial charge in [0.05, 0.1) is 0 Å². The minimum Gasteiger partial charge on any atom is -0.471 e. The van der Waals surface area contributed by atoms with E-state index in [1.165, 1.54) is 12.3 Å². The number of aryl methyl sites for hydroxylation is 1. The summed E-state index contributed by atoms with van der Waals surface area (Å²) in [5.74, 6) is 0.585. The van der Waals surface area contributed by atoms with Crippen molar-refractivity contribution in [2.24, 2.45) is 0 Å². The largest absolute Gasteiger partial charge is 0.471 e. The zero-order valence-electron chi connectivity index (χ0n) is 17.4. The van der Waals surface area contributed by atoms with Crippen LogP contribution in [0.1, 0.15) is 60.8 Å². The lowest BCUT2D eigenvalue weighted by Gasteiger charge is -2.35. The number of carbonyl (C=O) groups excluding carboxylic acids is 1. The molecule has 0 radical (unpaired) electrons. The minimum atomic E-state index is -2.66. The lowest BCUT2D eigenvalue weighted by atomic mass is 9.98. The summed E-state index contributed by atoms with van der Waals surface area (Å²) in [6, 6.07) is 2.94. The highest BCUT2D eigenvalue weighted by Gasteiger charge is 2.32. The number of hydrogen-bond donors (Lipinski definition) is 1. The zero-order valence-corrected chi connectivity index (χ0v) is 17.4. The van der Waals surface area contributed by atoms with E-state index in [2.05, 4.69) is 9.97 Å². The Labute approximate surface area is 174 Å². The van der Waals surface area contributed by atoms with E-state index < -0.39 is 18.6 Å². The molecule has 7 nitrogen and oxygen atoms in total. The Morgan fingerprint density at radius 3 is 2.87 bits per heavy atom. The predicted octanol–water partition coefficient (Wildman–Crippen LogP) is 3.49. The molecule has 0 saturated carbocycles. The molecule has 9 heteroatoms. The van der Waals surface area contributed by atoms with Gasteiger partial charge in [-0.1, -0.05) is 0 Å². The van der Waals surface area contributed by atoms with Crippen molar-refractivity contribution in [3.05, 3.63) is 41.2 Å². The van der Waals surface area contributed by atoms with Crippen LogP contribution in [-0.2, 0) is 12.0 Å². The van der Waals surface area contributed by atoms with E-state index in [-0.39, 0.29) is 23.4 Å². The van der Waals surface area contributed by atoms with Crippen LogP contribution in [0.2, 0.25) is 0 Å². The Morgan fingerprint density at radius 2 is 2.20 bits per heavy atom. The summed E-state index contributed by atoms with van der Waals surface area (Å²) in [5, 5.41) is 10.2. The molecule has 2 aromatic rings. The fourth-order valence-corrected chi connectivity index (χ4v) is 3.75. The maximum atomic E-state index is 13.2. The number of halogens is 2. The first-order valence-electron chi connectivity index (χ1n) is 10.0. The number of ether oxygens (including phenoxy) is 1. The molecular formula is C21H27F2N3O4. The molecule has 1 aliphatic heterocycles. The lowest BCUT2D eigenvalue weighted by molar-refractivity contribution is 0.0579. The first-order valence-corrected chi connectivity index (χ1v) is 10.0. The number of rotatable bonds is 7. The van der Waals surface area contributed by atoms with Gasteiger partial charge in [-0.2, -0.15) is 0 Å². The van der Waals surface area contributed by atoms with Crippen molar-refractivity contribution < 1.29 is 27.8 Å². The van der Waals surface area contributed by atoms with Gasteiger partial charge in [-0.05, 0) is 52.2 Å². The van der Waals surface area contributed by atoms with Crippen LogP contribution >= 0.6 is 0 Å². The topological polar surface area (TPSA) is 88.7 Å². The standard InChI is InChI=1S/C21H27F2N3O4/c1-13-18(21(2,3)28)25-17(30-13)11-14-7-4-5-10-26(14)20(27)15-8-6-9-24-19(15)29-12-16(22)23/h6,8-9,14,16,28H,4-5,7,10-12H2,1-3H3/t14-/m1/s1. The van der Waals surface area contributed by atoms with Gasteiger partial charge in [-0.25, -0.2) is 18.7 Å². The molecule has 1 aliphatic rings. The van der Waals surface area contributed by atoms with Crippen molar-refractivity contribution in [3.8, 4) is 5.88 Å². The molecule has 1 amide bonds. The average molecular weight is 423 g/mol. The molecule has 0 unspecified atom stereocenters. The van der Waals surface area contributed by atoms with Crippen molar-refractivity contribution >= 4 is 5.91 Å². The third kappa shape index (κ3) is 5.13. The van der Waals surface area contributed by atoms with Gasteiger partial charge in [0, 0.05) is 25.2 Å². The normalized spacial score (nSPS) is 17.4. The van der Waals surface area contributed by atoms with E-state index in [0.29, 0.717) is 30.3 Å². The number of aromatic nitrogens is 2. The summed E-state index contributed by atoms with van der Waals surface area (Å²) in [6.45, 7) is 4.74. The highest BCUT2D eigenvalue weighted by atomic mass is 19.3. The molecule has 164 valence electrons. The van der Waals surface area contributed by atoms with E-state index in [0.717, 1.165) is 19.3 Å². The summed E-state index contributed by atoms with van der Waals surface area (Å²) in [4.78, 5) is 23.3. The number of likely N-dealkylation sites (tertiary alicyclic amines) is 1. The molecule has 1 saturated heterocycles. The number of aliphatic hydroxyl groups is 1.